The van der Waals surface area contributed by atoms with Crippen LogP contribution in [-0.4, -0.2) is 50.2 Å². The van der Waals surface area contributed by atoms with Gasteiger partial charge in [0.05, 0.1) is 6.61 Å². The predicted octanol–water partition coefficient (Wildman–Crippen LogP) is 1.51. The van der Waals surface area contributed by atoms with Crippen molar-refractivity contribution < 1.29 is 9.53 Å². The molecule has 4 heteroatoms. The molecule has 106 valence electrons. The first-order valence-corrected chi connectivity index (χ1v) is 7.14. The summed E-state index contributed by atoms with van der Waals surface area (Å²) in [6, 6.07) is -0.164. The molecule has 1 heterocycles. The number of nitrogens with one attached hydrogen (secondary N) is 1. The maximum Gasteiger partial charge on any atom is 0.323 e. The summed E-state index contributed by atoms with van der Waals surface area (Å²) in [7, 11) is 1.82. The smallest absolute Gasteiger partial charge is 0.323 e. The third-order valence-corrected chi connectivity index (χ3v) is 3.91. The number of ether oxygens (including phenoxy) is 1. The molecule has 2 atom stereocenters. The summed E-state index contributed by atoms with van der Waals surface area (Å²) in [4.78, 5) is 14.1. The lowest BCUT2D eigenvalue weighted by molar-refractivity contribution is -0.145. The highest BCUT2D eigenvalue weighted by Crippen LogP contribution is 2.23. The largest absolute Gasteiger partial charge is 0.465 e. The van der Waals surface area contributed by atoms with E-state index < -0.39 is 0 Å². The molecule has 1 saturated heterocycles. The lowest BCUT2D eigenvalue weighted by Gasteiger charge is -2.20. The first-order valence-electron chi connectivity index (χ1n) is 7.14. The maximum absolute atomic E-state index is 11.6. The Morgan fingerprint density at radius 2 is 2.22 bits per heavy atom. The monoisotopic (exact) mass is 256 g/mol. The number of carbonyl (C=O) groups excluding carboxylic acids is 1. The van der Waals surface area contributed by atoms with Gasteiger partial charge in [0.1, 0.15) is 6.04 Å². The van der Waals surface area contributed by atoms with Gasteiger partial charge >= 0.3 is 5.97 Å². The molecule has 0 aromatic carbocycles. The summed E-state index contributed by atoms with van der Waals surface area (Å²) in [5, 5.41) is 3.04. The van der Waals surface area contributed by atoms with Gasteiger partial charge in [-0.15, -0.1) is 0 Å². The number of rotatable bonds is 7. The Morgan fingerprint density at radius 3 is 2.72 bits per heavy atom. The van der Waals surface area contributed by atoms with Crippen LogP contribution < -0.4 is 5.32 Å². The van der Waals surface area contributed by atoms with E-state index in [2.05, 4.69) is 24.1 Å². The Kier molecular flexibility index (Phi) is 6.65. The number of hydrogen-bond acceptors (Lipinski definition) is 4. The number of likely N-dealkylation sites (tertiary alicyclic amines) is 1. The van der Waals surface area contributed by atoms with E-state index in [9.17, 15) is 4.79 Å². The molecule has 0 radical (unpaired) electrons. The van der Waals surface area contributed by atoms with Gasteiger partial charge in [-0.1, -0.05) is 13.8 Å². The summed E-state index contributed by atoms with van der Waals surface area (Å²) in [5.74, 6) is 1.46. The van der Waals surface area contributed by atoms with Gasteiger partial charge in [0, 0.05) is 13.1 Å². The third-order valence-electron chi connectivity index (χ3n) is 3.91. The van der Waals surface area contributed by atoms with Crippen molar-refractivity contribution in [2.45, 2.75) is 39.7 Å². The molecule has 0 saturated carbocycles. The van der Waals surface area contributed by atoms with E-state index in [-0.39, 0.29) is 12.0 Å². The zero-order valence-corrected chi connectivity index (χ0v) is 12.2. The second kappa shape index (κ2) is 7.74. The first kappa shape index (κ1) is 15.4. The number of nitrogens with zero attached hydrogens (tertiary/aromatic N) is 1. The predicted molar refractivity (Wildman–Crippen MR) is 73.5 cm³/mol. The molecular formula is C14H28N2O2. The number of hydrogen-bond donors (Lipinski definition) is 1. The van der Waals surface area contributed by atoms with Gasteiger partial charge in [0.25, 0.3) is 0 Å². The molecule has 0 aliphatic carbocycles. The maximum atomic E-state index is 11.6. The normalized spacial score (nSPS) is 22.4. The van der Waals surface area contributed by atoms with Crippen molar-refractivity contribution in [2.24, 2.45) is 11.8 Å². The topological polar surface area (TPSA) is 41.6 Å². The van der Waals surface area contributed by atoms with Crippen LogP contribution in [0.3, 0.4) is 0 Å². The minimum atomic E-state index is -0.164. The summed E-state index contributed by atoms with van der Waals surface area (Å²) < 4.78 is 5.05. The SMILES string of the molecule is CCOC(=O)C(CCN1CCC(C(C)C)C1)NC. The van der Waals surface area contributed by atoms with E-state index in [4.69, 9.17) is 4.74 Å². The van der Waals surface area contributed by atoms with Crippen LogP contribution in [0.5, 0.6) is 0 Å². The summed E-state index contributed by atoms with van der Waals surface area (Å²) >= 11 is 0. The van der Waals surface area contributed by atoms with E-state index in [1.807, 2.05) is 14.0 Å². The molecule has 1 rings (SSSR count). The van der Waals surface area contributed by atoms with Crippen molar-refractivity contribution >= 4 is 5.97 Å². The molecule has 4 nitrogen and oxygen atoms in total. The molecular weight excluding hydrogens is 228 g/mol. The van der Waals surface area contributed by atoms with Gasteiger partial charge in [-0.05, 0) is 45.2 Å². The molecule has 1 aliphatic rings. The lowest BCUT2D eigenvalue weighted by Crippen LogP contribution is -2.38. The molecule has 1 N–H and O–H groups in total. The molecule has 2 unspecified atom stereocenters. The second-order valence-corrected chi connectivity index (χ2v) is 5.48. The van der Waals surface area contributed by atoms with Crippen LogP contribution in [0.15, 0.2) is 0 Å². The van der Waals surface area contributed by atoms with E-state index in [0.29, 0.717) is 6.61 Å². The standard InChI is InChI=1S/C14H28N2O2/c1-5-18-14(17)13(15-4)7-9-16-8-6-12(10-16)11(2)3/h11-13,15H,5-10H2,1-4H3. The number of likely N-dealkylation sites (N-methyl/N-ethyl adjacent to an activating group) is 1. The zero-order chi connectivity index (χ0) is 13.5. The van der Waals surface area contributed by atoms with Gasteiger partial charge in [-0.3, -0.25) is 4.79 Å². The van der Waals surface area contributed by atoms with Crippen molar-refractivity contribution in [3.8, 4) is 0 Å². The summed E-state index contributed by atoms with van der Waals surface area (Å²) in [6.45, 7) is 10.2. The van der Waals surface area contributed by atoms with Crippen LogP contribution in [0.4, 0.5) is 0 Å². The number of esters is 1. The molecule has 1 fully saturated rings. The molecule has 18 heavy (non-hydrogen) atoms. The fourth-order valence-electron chi connectivity index (χ4n) is 2.54. The van der Waals surface area contributed by atoms with Crippen molar-refractivity contribution in [1.29, 1.82) is 0 Å². The Hall–Kier alpha value is -0.610. The van der Waals surface area contributed by atoms with Gasteiger partial charge in [-0.25, -0.2) is 0 Å². The van der Waals surface area contributed by atoms with Gasteiger partial charge in [-0.2, -0.15) is 0 Å². The molecule has 0 aromatic rings. The van der Waals surface area contributed by atoms with Crippen LogP contribution in [0.1, 0.15) is 33.6 Å². The van der Waals surface area contributed by atoms with Crippen LogP contribution in [-0.2, 0) is 9.53 Å². The highest BCUT2D eigenvalue weighted by Gasteiger charge is 2.26. The van der Waals surface area contributed by atoms with Crippen LogP contribution in [0.25, 0.3) is 0 Å². The summed E-state index contributed by atoms with van der Waals surface area (Å²) in [6.07, 6.45) is 2.13. The van der Waals surface area contributed by atoms with E-state index >= 15 is 0 Å². The second-order valence-electron chi connectivity index (χ2n) is 5.48. The van der Waals surface area contributed by atoms with E-state index in [1.165, 1.54) is 19.5 Å². The Labute approximate surface area is 111 Å². The van der Waals surface area contributed by atoms with Crippen LogP contribution in [0.2, 0.25) is 0 Å². The average molecular weight is 256 g/mol. The molecule has 0 amide bonds. The number of carbonyl (C=O) groups is 1. The lowest BCUT2D eigenvalue weighted by atomic mass is 9.95. The van der Waals surface area contributed by atoms with Crippen molar-refractivity contribution in [3.05, 3.63) is 0 Å². The van der Waals surface area contributed by atoms with Crippen LogP contribution in [0, 0.1) is 11.8 Å². The van der Waals surface area contributed by atoms with Crippen molar-refractivity contribution in [3.63, 3.8) is 0 Å². The van der Waals surface area contributed by atoms with Crippen molar-refractivity contribution in [2.75, 3.05) is 33.3 Å². The van der Waals surface area contributed by atoms with Gasteiger partial charge in [0.2, 0.25) is 0 Å². The summed E-state index contributed by atoms with van der Waals surface area (Å²) in [5.41, 5.74) is 0. The average Bonchev–Trinajstić information content (AvgIpc) is 2.79. The zero-order valence-electron chi connectivity index (χ0n) is 12.2. The highest BCUT2D eigenvalue weighted by atomic mass is 16.5. The first-order chi connectivity index (χ1) is 8.58. The molecule has 0 bridgehead atoms. The molecule has 0 aromatic heterocycles. The fraction of sp³-hybridized carbons (Fsp3) is 0.929. The Balaban J connectivity index is 2.29. The van der Waals surface area contributed by atoms with E-state index in [0.717, 1.165) is 24.8 Å². The quantitative estimate of drug-likeness (QED) is 0.701. The van der Waals surface area contributed by atoms with E-state index in [1.54, 1.807) is 0 Å². The Bertz CT molecular complexity index is 256. The van der Waals surface area contributed by atoms with Gasteiger partial charge in [0.15, 0.2) is 0 Å². The molecule has 0 spiro atoms. The third kappa shape index (κ3) is 4.58. The minimum Gasteiger partial charge on any atom is -0.465 e. The Morgan fingerprint density at radius 1 is 1.50 bits per heavy atom. The molecule has 1 aliphatic heterocycles. The fourth-order valence-corrected chi connectivity index (χ4v) is 2.54. The van der Waals surface area contributed by atoms with Crippen molar-refractivity contribution in [1.82, 2.24) is 10.2 Å². The highest BCUT2D eigenvalue weighted by molar-refractivity contribution is 5.75. The van der Waals surface area contributed by atoms with Gasteiger partial charge < -0.3 is 15.0 Å². The minimum absolute atomic E-state index is 0.125. The van der Waals surface area contributed by atoms with Crippen LogP contribution >= 0.6 is 0 Å².